The maximum Gasteiger partial charge on any atom is 0.220 e. The van der Waals surface area contributed by atoms with Crippen molar-refractivity contribution < 1.29 is 4.79 Å². The van der Waals surface area contributed by atoms with E-state index in [0.29, 0.717) is 6.42 Å². The van der Waals surface area contributed by atoms with Gasteiger partial charge in [-0.3, -0.25) is 4.79 Å². The van der Waals surface area contributed by atoms with Gasteiger partial charge in [-0.05, 0) is 38.6 Å². The van der Waals surface area contributed by atoms with Crippen molar-refractivity contribution in [2.45, 2.75) is 44.9 Å². The third kappa shape index (κ3) is 6.95. The van der Waals surface area contributed by atoms with Crippen molar-refractivity contribution in [1.82, 2.24) is 5.32 Å². The number of hydrogen-bond donors (Lipinski definition) is 2. The molecule has 3 heteroatoms. The summed E-state index contributed by atoms with van der Waals surface area (Å²) in [4.78, 5) is 11.5. The monoisotopic (exact) mass is 236 g/mol. The molecule has 0 aliphatic heterocycles. The van der Waals surface area contributed by atoms with E-state index in [0.717, 1.165) is 51.6 Å². The largest absolute Gasteiger partial charge is 0.356 e. The fraction of sp³-hybridized carbons (Fsp3) is 0.643. The molecule has 17 heavy (non-hydrogen) atoms. The highest BCUT2D eigenvalue weighted by molar-refractivity contribution is 5.75. The third-order valence-corrected chi connectivity index (χ3v) is 2.98. The molecule has 0 radical (unpaired) electrons. The number of rotatable bonds is 8. The zero-order valence-electron chi connectivity index (χ0n) is 10.6. The number of nitrogens with one attached hydrogen (secondary N) is 1. The number of unbranched alkanes of at least 4 members (excludes halogenated alkanes) is 2. The van der Waals surface area contributed by atoms with E-state index in [2.05, 4.69) is 23.5 Å². The van der Waals surface area contributed by atoms with E-state index in [-0.39, 0.29) is 5.91 Å². The number of nitrogens with two attached hydrogens (primary N) is 1. The van der Waals surface area contributed by atoms with E-state index in [1.807, 2.05) is 0 Å². The van der Waals surface area contributed by atoms with Crippen LogP contribution in [-0.4, -0.2) is 19.0 Å². The SMILES string of the molecule is NCCCCCC(=O)NCCC1=CC=CCC1. The number of carbonyl (C=O) groups excluding carboxylic acids is 1. The summed E-state index contributed by atoms with van der Waals surface area (Å²) in [6.45, 7) is 1.50. The summed E-state index contributed by atoms with van der Waals surface area (Å²) >= 11 is 0. The second kappa shape index (κ2) is 8.99. The minimum atomic E-state index is 0.175. The summed E-state index contributed by atoms with van der Waals surface area (Å²) in [7, 11) is 0. The molecule has 0 bridgehead atoms. The average Bonchev–Trinajstić information content (AvgIpc) is 2.36. The van der Waals surface area contributed by atoms with Crippen LogP contribution in [0.15, 0.2) is 23.8 Å². The molecule has 96 valence electrons. The Balaban J connectivity index is 2.00. The highest BCUT2D eigenvalue weighted by atomic mass is 16.1. The zero-order valence-corrected chi connectivity index (χ0v) is 10.6. The summed E-state index contributed by atoms with van der Waals surface area (Å²) in [5.74, 6) is 0.175. The maximum absolute atomic E-state index is 11.5. The molecule has 0 aromatic rings. The molecular weight excluding hydrogens is 212 g/mol. The van der Waals surface area contributed by atoms with Crippen molar-refractivity contribution >= 4 is 5.91 Å². The Bertz CT molecular complexity index is 282. The lowest BCUT2D eigenvalue weighted by Gasteiger charge is -2.09. The first-order chi connectivity index (χ1) is 8.33. The van der Waals surface area contributed by atoms with Crippen LogP contribution in [0.2, 0.25) is 0 Å². The van der Waals surface area contributed by atoms with Crippen LogP contribution in [0.1, 0.15) is 44.9 Å². The van der Waals surface area contributed by atoms with E-state index in [9.17, 15) is 4.79 Å². The van der Waals surface area contributed by atoms with E-state index in [1.165, 1.54) is 5.57 Å². The van der Waals surface area contributed by atoms with Gasteiger partial charge in [-0.25, -0.2) is 0 Å². The van der Waals surface area contributed by atoms with Crippen LogP contribution < -0.4 is 11.1 Å². The Kier molecular flexibility index (Phi) is 7.39. The normalized spacial score (nSPS) is 14.5. The molecule has 3 nitrogen and oxygen atoms in total. The molecule has 0 unspecified atom stereocenters. The van der Waals surface area contributed by atoms with Crippen molar-refractivity contribution in [3.8, 4) is 0 Å². The van der Waals surface area contributed by atoms with Gasteiger partial charge in [0.1, 0.15) is 0 Å². The van der Waals surface area contributed by atoms with E-state index in [4.69, 9.17) is 5.73 Å². The molecule has 3 N–H and O–H groups in total. The molecule has 1 rings (SSSR count). The van der Waals surface area contributed by atoms with Gasteiger partial charge < -0.3 is 11.1 Å². The number of carbonyl (C=O) groups is 1. The number of hydrogen-bond acceptors (Lipinski definition) is 2. The molecule has 1 aliphatic rings. The van der Waals surface area contributed by atoms with E-state index >= 15 is 0 Å². The lowest BCUT2D eigenvalue weighted by molar-refractivity contribution is -0.121. The van der Waals surface area contributed by atoms with Gasteiger partial charge >= 0.3 is 0 Å². The molecule has 0 atom stereocenters. The van der Waals surface area contributed by atoms with Crippen LogP contribution in [-0.2, 0) is 4.79 Å². The Morgan fingerprint density at radius 2 is 2.24 bits per heavy atom. The van der Waals surface area contributed by atoms with Gasteiger partial charge in [0.05, 0.1) is 0 Å². The van der Waals surface area contributed by atoms with Crippen LogP contribution in [0.4, 0.5) is 0 Å². The highest BCUT2D eigenvalue weighted by Gasteiger charge is 2.02. The van der Waals surface area contributed by atoms with Crippen LogP contribution in [0.3, 0.4) is 0 Å². The standard InChI is InChI=1S/C14H24N2O/c15-11-6-2-5-9-14(17)16-12-10-13-7-3-1-4-8-13/h1,3,7H,2,4-6,8-12,15H2,(H,16,17). The first-order valence-corrected chi connectivity index (χ1v) is 6.64. The maximum atomic E-state index is 11.5. The van der Waals surface area contributed by atoms with Crippen LogP contribution in [0.5, 0.6) is 0 Å². The first kappa shape index (κ1) is 14.0. The fourth-order valence-electron chi connectivity index (χ4n) is 1.92. The summed E-state index contributed by atoms with van der Waals surface area (Å²) in [5, 5.41) is 2.97. The minimum Gasteiger partial charge on any atom is -0.356 e. The van der Waals surface area contributed by atoms with Gasteiger partial charge in [0.25, 0.3) is 0 Å². The average molecular weight is 236 g/mol. The Labute approximate surface area is 104 Å². The summed E-state index contributed by atoms with van der Waals surface area (Å²) in [6.07, 6.45) is 13.4. The molecule has 1 amide bonds. The highest BCUT2D eigenvalue weighted by Crippen LogP contribution is 2.14. The molecule has 0 aromatic carbocycles. The Hall–Kier alpha value is -1.09. The fourth-order valence-corrected chi connectivity index (χ4v) is 1.92. The van der Waals surface area contributed by atoms with E-state index in [1.54, 1.807) is 0 Å². The predicted octanol–water partition coefficient (Wildman–Crippen LogP) is 2.29. The first-order valence-electron chi connectivity index (χ1n) is 6.64. The van der Waals surface area contributed by atoms with Crippen LogP contribution >= 0.6 is 0 Å². The van der Waals surface area contributed by atoms with Crippen molar-refractivity contribution in [1.29, 1.82) is 0 Å². The van der Waals surface area contributed by atoms with Crippen molar-refractivity contribution in [2.75, 3.05) is 13.1 Å². The number of amides is 1. The van der Waals surface area contributed by atoms with Gasteiger partial charge in [-0.15, -0.1) is 0 Å². The van der Waals surface area contributed by atoms with Crippen molar-refractivity contribution in [3.05, 3.63) is 23.8 Å². The quantitative estimate of drug-likeness (QED) is 0.635. The summed E-state index contributed by atoms with van der Waals surface area (Å²) in [6, 6.07) is 0. The Morgan fingerprint density at radius 1 is 1.35 bits per heavy atom. The summed E-state index contributed by atoms with van der Waals surface area (Å²) < 4.78 is 0. The van der Waals surface area contributed by atoms with Crippen molar-refractivity contribution in [2.24, 2.45) is 5.73 Å². The predicted molar refractivity (Wildman–Crippen MR) is 71.6 cm³/mol. The van der Waals surface area contributed by atoms with Gasteiger partial charge in [0.15, 0.2) is 0 Å². The van der Waals surface area contributed by atoms with Crippen LogP contribution in [0, 0.1) is 0 Å². The van der Waals surface area contributed by atoms with Gasteiger partial charge in [-0.1, -0.05) is 30.2 Å². The van der Waals surface area contributed by atoms with Gasteiger partial charge in [-0.2, -0.15) is 0 Å². The molecule has 0 saturated carbocycles. The Morgan fingerprint density at radius 3 is 2.94 bits per heavy atom. The lowest BCUT2D eigenvalue weighted by atomic mass is 10.0. The molecule has 0 heterocycles. The second-order valence-corrected chi connectivity index (χ2v) is 4.49. The molecule has 0 aromatic heterocycles. The molecular formula is C14H24N2O. The van der Waals surface area contributed by atoms with Crippen molar-refractivity contribution in [3.63, 3.8) is 0 Å². The van der Waals surface area contributed by atoms with Gasteiger partial charge in [0, 0.05) is 13.0 Å². The smallest absolute Gasteiger partial charge is 0.220 e. The molecule has 1 aliphatic carbocycles. The zero-order chi connectivity index (χ0) is 12.3. The minimum absolute atomic E-state index is 0.175. The number of allylic oxidation sites excluding steroid dienone is 3. The third-order valence-electron chi connectivity index (χ3n) is 2.98. The van der Waals surface area contributed by atoms with Gasteiger partial charge in [0.2, 0.25) is 5.91 Å². The summed E-state index contributed by atoms with van der Waals surface area (Å²) in [5.41, 5.74) is 6.84. The molecule has 0 spiro atoms. The second-order valence-electron chi connectivity index (χ2n) is 4.49. The van der Waals surface area contributed by atoms with Crippen LogP contribution in [0.25, 0.3) is 0 Å². The molecule has 0 saturated heterocycles. The topological polar surface area (TPSA) is 55.1 Å². The molecule has 0 fully saturated rings. The lowest BCUT2D eigenvalue weighted by Crippen LogP contribution is -2.24. The van der Waals surface area contributed by atoms with E-state index < -0.39 is 0 Å².